The highest BCUT2D eigenvalue weighted by Crippen LogP contribution is 2.09. The van der Waals surface area contributed by atoms with Crippen LogP contribution >= 0.6 is 35.6 Å². The molecule has 0 amide bonds. The third-order valence-electron chi connectivity index (χ3n) is 3.09. The molecule has 0 saturated carbocycles. The molecule has 22 heavy (non-hydrogen) atoms. The van der Waals surface area contributed by atoms with Crippen molar-refractivity contribution >= 4 is 41.5 Å². The predicted molar refractivity (Wildman–Crippen MR) is 102 cm³/mol. The van der Waals surface area contributed by atoms with Crippen molar-refractivity contribution in [3.63, 3.8) is 0 Å². The number of nitrogens with zero attached hydrogens (tertiary/aromatic N) is 1. The maximum atomic E-state index is 5.87. The van der Waals surface area contributed by atoms with Gasteiger partial charge in [0.1, 0.15) is 5.76 Å². The molecule has 0 aliphatic rings. The van der Waals surface area contributed by atoms with E-state index < -0.39 is 0 Å². The van der Waals surface area contributed by atoms with Crippen LogP contribution in [0.5, 0.6) is 0 Å². The monoisotopic (exact) mass is 433 g/mol. The average Bonchev–Trinajstić information content (AvgIpc) is 3.01. The minimum atomic E-state index is 0. The van der Waals surface area contributed by atoms with Crippen molar-refractivity contribution in [3.8, 4) is 0 Å². The Kier molecular flexibility index (Phi) is 9.00. The van der Waals surface area contributed by atoms with E-state index in [4.69, 9.17) is 16.0 Å². The topological polar surface area (TPSA) is 49.6 Å². The lowest BCUT2D eigenvalue weighted by Crippen LogP contribution is -2.39. The first-order chi connectivity index (χ1) is 10.3. The van der Waals surface area contributed by atoms with Gasteiger partial charge in [-0.2, -0.15) is 0 Å². The van der Waals surface area contributed by atoms with E-state index in [1.165, 1.54) is 5.56 Å². The quantitative estimate of drug-likeness (QED) is 0.416. The van der Waals surface area contributed by atoms with Crippen molar-refractivity contribution in [1.29, 1.82) is 0 Å². The van der Waals surface area contributed by atoms with Crippen LogP contribution in [0.25, 0.3) is 0 Å². The smallest absolute Gasteiger partial charge is 0.191 e. The number of hydrogen-bond acceptors (Lipinski definition) is 2. The van der Waals surface area contributed by atoms with Gasteiger partial charge in [0.2, 0.25) is 0 Å². The van der Waals surface area contributed by atoms with E-state index in [-0.39, 0.29) is 24.0 Å². The Labute approximate surface area is 153 Å². The van der Waals surface area contributed by atoms with E-state index in [1.54, 1.807) is 13.3 Å². The molecule has 2 aromatic rings. The molecular formula is C16H21ClIN3O. The summed E-state index contributed by atoms with van der Waals surface area (Å²) in [5.41, 5.74) is 1.25. The van der Waals surface area contributed by atoms with Crippen molar-refractivity contribution < 1.29 is 4.42 Å². The average molecular weight is 434 g/mol. The normalized spacial score (nSPS) is 10.9. The Morgan fingerprint density at radius 2 is 1.77 bits per heavy atom. The predicted octanol–water partition coefficient (Wildman–Crippen LogP) is 3.50. The summed E-state index contributed by atoms with van der Waals surface area (Å²) in [6.07, 6.45) is 3.45. The fourth-order valence-corrected chi connectivity index (χ4v) is 2.08. The Bertz CT molecular complexity index is 555. The zero-order valence-electron chi connectivity index (χ0n) is 12.5. The molecule has 0 aliphatic carbocycles. The van der Waals surface area contributed by atoms with Crippen LogP contribution in [0.3, 0.4) is 0 Å². The second kappa shape index (κ2) is 10.5. The number of hydrogen-bond donors (Lipinski definition) is 2. The molecule has 0 unspecified atom stereocenters. The van der Waals surface area contributed by atoms with E-state index >= 15 is 0 Å². The van der Waals surface area contributed by atoms with Gasteiger partial charge in [0.15, 0.2) is 5.96 Å². The van der Waals surface area contributed by atoms with Crippen LogP contribution in [0.2, 0.25) is 5.02 Å². The summed E-state index contributed by atoms with van der Waals surface area (Å²) < 4.78 is 5.29. The molecule has 2 N–H and O–H groups in total. The summed E-state index contributed by atoms with van der Waals surface area (Å²) in [7, 11) is 1.77. The van der Waals surface area contributed by atoms with Gasteiger partial charge >= 0.3 is 0 Å². The minimum absolute atomic E-state index is 0. The second-order valence-corrected chi connectivity index (χ2v) is 5.07. The number of guanidine groups is 1. The number of halogens is 2. The van der Waals surface area contributed by atoms with Crippen LogP contribution in [0.4, 0.5) is 0 Å². The van der Waals surface area contributed by atoms with Crippen LogP contribution in [0.1, 0.15) is 11.3 Å². The van der Waals surface area contributed by atoms with Gasteiger partial charge in [0.25, 0.3) is 0 Å². The lowest BCUT2D eigenvalue weighted by molar-refractivity contribution is 0.507. The molecule has 0 bridgehead atoms. The summed E-state index contributed by atoms with van der Waals surface area (Å²) >= 11 is 5.87. The second-order valence-electron chi connectivity index (χ2n) is 4.63. The third-order valence-corrected chi connectivity index (χ3v) is 3.34. The summed E-state index contributed by atoms with van der Waals surface area (Å²) in [6, 6.07) is 11.8. The molecule has 0 atom stereocenters. The largest absolute Gasteiger partial charge is 0.469 e. The highest BCUT2D eigenvalue weighted by atomic mass is 127. The summed E-state index contributed by atoms with van der Waals surface area (Å²) in [5, 5.41) is 7.31. The number of benzene rings is 1. The van der Waals surface area contributed by atoms with Crippen LogP contribution in [-0.4, -0.2) is 26.1 Å². The van der Waals surface area contributed by atoms with Crippen LogP contribution in [0, 0.1) is 0 Å². The fourth-order valence-electron chi connectivity index (χ4n) is 1.96. The highest BCUT2D eigenvalue weighted by molar-refractivity contribution is 14.0. The molecule has 1 heterocycles. The van der Waals surface area contributed by atoms with Gasteiger partial charge in [-0.05, 0) is 36.2 Å². The van der Waals surface area contributed by atoms with Crippen molar-refractivity contribution in [2.75, 3.05) is 20.1 Å². The first kappa shape index (κ1) is 18.8. The van der Waals surface area contributed by atoms with E-state index in [0.29, 0.717) is 0 Å². The molecule has 120 valence electrons. The lowest BCUT2D eigenvalue weighted by Gasteiger charge is -2.11. The Morgan fingerprint density at radius 3 is 2.36 bits per heavy atom. The van der Waals surface area contributed by atoms with Gasteiger partial charge in [-0.15, -0.1) is 24.0 Å². The molecular weight excluding hydrogens is 413 g/mol. The number of nitrogens with one attached hydrogen (secondary N) is 2. The summed E-state index contributed by atoms with van der Waals surface area (Å²) in [4.78, 5) is 4.19. The highest BCUT2D eigenvalue weighted by Gasteiger charge is 1.99. The molecule has 1 aromatic carbocycles. The van der Waals surface area contributed by atoms with Gasteiger partial charge in [-0.1, -0.05) is 23.7 Å². The molecule has 2 rings (SSSR count). The minimum Gasteiger partial charge on any atom is -0.469 e. The van der Waals surface area contributed by atoms with Gasteiger partial charge in [0.05, 0.1) is 6.26 Å². The van der Waals surface area contributed by atoms with Crippen LogP contribution in [0.15, 0.2) is 52.1 Å². The van der Waals surface area contributed by atoms with Crippen molar-refractivity contribution in [2.45, 2.75) is 12.8 Å². The van der Waals surface area contributed by atoms with Gasteiger partial charge in [-0.3, -0.25) is 4.99 Å². The number of rotatable bonds is 6. The van der Waals surface area contributed by atoms with Crippen molar-refractivity contribution in [1.82, 2.24) is 10.6 Å². The first-order valence-corrected chi connectivity index (χ1v) is 7.37. The van der Waals surface area contributed by atoms with E-state index in [0.717, 1.165) is 42.7 Å². The first-order valence-electron chi connectivity index (χ1n) is 6.99. The molecule has 0 aliphatic heterocycles. The Balaban J connectivity index is 0.00000242. The molecule has 1 aromatic heterocycles. The maximum absolute atomic E-state index is 5.87. The molecule has 0 saturated heterocycles. The van der Waals surface area contributed by atoms with Crippen molar-refractivity contribution in [2.24, 2.45) is 4.99 Å². The lowest BCUT2D eigenvalue weighted by atomic mass is 10.1. The van der Waals surface area contributed by atoms with Crippen molar-refractivity contribution in [3.05, 3.63) is 59.0 Å². The SMILES string of the molecule is CN=C(NCCc1ccc(Cl)cc1)NCCc1ccco1.I. The fraction of sp³-hybridized carbons (Fsp3) is 0.312. The Morgan fingerprint density at radius 1 is 1.09 bits per heavy atom. The number of aliphatic imine (C=N–C) groups is 1. The van der Waals surface area contributed by atoms with E-state index in [2.05, 4.69) is 15.6 Å². The summed E-state index contributed by atoms with van der Waals surface area (Å²) in [6.45, 7) is 1.61. The van der Waals surface area contributed by atoms with Crippen LogP contribution in [-0.2, 0) is 12.8 Å². The molecule has 0 radical (unpaired) electrons. The molecule has 6 heteroatoms. The van der Waals surface area contributed by atoms with Gasteiger partial charge < -0.3 is 15.1 Å². The Hall–Kier alpha value is -1.21. The van der Waals surface area contributed by atoms with Crippen LogP contribution < -0.4 is 10.6 Å². The zero-order chi connectivity index (χ0) is 14.9. The van der Waals surface area contributed by atoms with E-state index in [9.17, 15) is 0 Å². The zero-order valence-corrected chi connectivity index (χ0v) is 15.6. The standard InChI is InChI=1S/C16H20ClN3O.HI/c1-18-16(20-11-9-15-3-2-12-21-15)19-10-8-13-4-6-14(17)7-5-13;/h2-7,12H,8-11H2,1H3,(H2,18,19,20);1H. The molecule has 0 spiro atoms. The third kappa shape index (κ3) is 6.70. The molecule has 0 fully saturated rings. The van der Waals surface area contributed by atoms with E-state index in [1.807, 2.05) is 36.4 Å². The van der Waals surface area contributed by atoms with Gasteiger partial charge in [0, 0.05) is 31.6 Å². The van der Waals surface area contributed by atoms with Gasteiger partial charge in [-0.25, -0.2) is 0 Å². The summed E-state index contributed by atoms with van der Waals surface area (Å²) in [5.74, 6) is 1.77. The number of furan rings is 1. The maximum Gasteiger partial charge on any atom is 0.191 e. The molecule has 4 nitrogen and oxygen atoms in total.